The molecule has 0 aliphatic heterocycles. The van der Waals surface area contributed by atoms with E-state index in [-0.39, 0.29) is 5.69 Å². The molecule has 0 unspecified atom stereocenters. The molecule has 1 aromatic rings. The molecule has 0 amide bonds. The second-order valence-electron chi connectivity index (χ2n) is 3.19. The number of aliphatic hydroxyl groups is 1. The van der Waals surface area contributed by atoms with Crippen molar-refractivity contribution in [3.05, 3.63) is 17.5 Å². The number of rotatable bonds is 4. The predicted molar refractivity (Wildman–Crippen MR) is 53.2 cm³/mol. The van der Waals surface area contributed by atoms with Crippen LogP contribution in [-0.2, 0) is 11.8 Å². The van der Waals surface area contributed by atoms with Crippen molar-refractivity contribution in [1.82, 2.24) is 9.78 Å². The number of nitrogens with two attached hydrogens (primary N) is 1. The Labute approximate surface area is 87.6 Å². The molecule has 0 radical (unpaired) electrons. The molecule has 15 heavy (non-hydrogen) atoms. The van der Waals surface area contributed by atoms with E-state index in [1.165, 1.54) is 11.8 Å². The molecule has 0 saturated heterocycles. The van der Waals surface area contributed by atoms with Crippen LogP contribution in [0.15, 0.2) is 6.20 Å². The molecule has 6 nitrogen and oxygen atoms in total. The number of nitrogens with zero attached hydrogens (tertiary/aromatic N) is 2. The number of aryl methyl sites for hydroxylation is 1. The molecule has 3 N–H and O–H groups in total. The Balaban J connectivity index is 3.00. The zero-order valence-electron chi connectivity index (χ0n) is 8.80. The Morgan fingerprint density at radius 2 is 2.47 bits per heavy atom. The van der Waals surface area contributed by atoms with Crippen molar-refractivity contribution < 1.29 is 14.6 Å². The topological polar surface area (TPSA) is 90.4 Å². The Hall–Kier alpha value is -1.40. The lowest BCUT2D eigenvalue weighted by Gasteiger charge is -2.07. The Bertz CT molecular complexity index is 348. The summed E-state index contributed by atoms with van der Waals surface area (Å²) in [5.74, 6) is -0.554. The third-order valence-electron chi connectivity index (χ3n) is 2.03. The first-order chi connectivity index (χ1) is 7.10. The number of esters is 1. The molecule has 0 aliphatic rings. The summed E-state index contributed by atoms with van der Waals surface area (Å²) in [5, 5.41) is 13.6. The van der Waals surface area contributed by atoms with Gasteiger partial charge in [0.1, 0.15) is 0 Å². The third-order valence-corrected chi connectivity index (χ3v) is 2.03. The van der Waals surface area contributed by atoms with Gasteiger partial charge in [-0.25, -0.2) is 4.79 Å². The first-order valence-corrected chi connectivity index (χ1v) is 4.60. The van der Waals surface area contributed by atoms with Gasteiger partial charge in [-0.1, -0.05) is 0 Å². The minimum Gasteiger partial charge on any atom is -0.464 e. The number of aromatic nitrogens is 2. The van der Waals surface area contributed by atoms with Gasteiger partial charge in [0.15, 0.2) is 5.69 Å². The summed E-state index contributed by atoms with van der Waals surface area (Å²) >= 11 is 0. The van der Waals surface area contributed by atoms with Crippen LogP contribution in [0.1, 0.15) is 28.6 Å². The fourth-order valence-electron chi connectivity index (χ4n) is 1.32. The number of methoxy groups -OCH3 is 1. The molecular weight excluding hydrogens is 198 g/mol. The molecule has 84 valence electrons. The van der Waals surface area contributed by atoms with Crippen LogP contribution < -0.4 is 5.73 Å². The molecule has 1 atom stereocenters. The van der Waals surface area contributed by atoms with Crippen LogP contribution in [0.3, 0.4) is 0 Å². The highest BCUT2D eigenvalue weighted by Gasteiger charge is 2.21. The Morgan fingerprint density at radius 3 is 3.00 bits per heavy atom. The summed E-state index contributed by atoms with van der Waals surface area (Å²) < 4.78 is 6.02. The average molecular weight is 213 g/mol. The molecule has 0 saturated carbocycles. The SMILES string of the molecule is COC(=O)c1nn(C)cc1[C@H](O)CCN. The molecule has 0 fully saturated rings. The number of hydrogen-bond donors (Lipinski definition) is 2. The van der Waals surface area contributed by atoms with E-state index in [0.29, 0.717) is 18.5 Å². The second-order valence-corrected chi connectivity index (χ2v) is 3.19. The molecule has 0 spiro atoms. The van der Waals surface area contributed by atoms with Crippen LogP contribution in [0.2, 0.25) is 0 Å². The van der Waals surface area contributed by atoms with Gasteiger partial charge in [0.25, 0.3) is 0 Å². The molecule has 0 aliphatic carbocycles. The monoisotopic (exact) mass is 213 g/mol. The summed E-state index contributed by atoms with van der Waals surface area (Å²) in [5.41, 5.74) is 5.92. The van der Waals surface area contributed by atoms with Gasteiger partial charge >= 0.3 is 5.97 Å². The summed E-state index contributed by atoms with van der Waals surface area (Å²) in [6, 6.07) is 0. The van der Waals surface area contributed by atoms with Gasteiger partial charge in [-0.3, -0.25) is 4.68 Å². The smallest absolute Gasteiger partial charge is 0.358 e. The highest BCUT2D eigenvalue weighted by atomic mass is 16.5. The van der Waals surface area contributed by atoms with Crippen LogP contribution in [-0.4, -0.2) is 34.5 Å². The lowest BCUT2D eigenvalue weighted by Crippen LogP contribution is -2.11. The molecule has 1 aromatic heterocycles. The number of ether oxygens (including phenoxy) is 1. The van der Waals surface area contributed by atoms with E-state index in [4.69, 9.17) is 5.73 Å². The van der Waals surface area contributed by atoms with Gasteiger partial charge in [0, 0.05) is 18.8 Å². The fourth-order valence-corrected chi connectivity index (χ4v) is 1.32. The van der Waals surface area contributed by atoms with Crippen LogP contribution in [0.25, 0.3) is 0 Å². The van der Waals surface area contributed by atoms with Crippen molar-refractivity contribution in [3.63, 3.8) is 0 Å². The summed E-state index contributed by atoms with van der Waals surface area (Å²) in [6.45, 7) is 0.344. The highest BCUT2D eigenvalue weighted by Crippen LogP contribution is 2.19. The minimum atomic E-state index is -0.780. The van der Waals surface area contributed by atoms with E-state index in [2.05, 4.69) is 9.84 Å². The summed E-state index contributed by atoms with van der Waals surface area (Å²) in [7, 11) is 2.95. The van der Waals surface area contributed by atoms with Crippen LogP contribution in [0.5, 0.6) is 0 Å². The lowest BCUT2D eigenvalue weighted by atomic mass is 10.1. The normalized spacial score (nSPS) is 12.5. The van der Waals surface area contributed by atoms with Gasteiger partial charge in [0.05, 0.1) is 13.2 Å². The maximum atomic E-state index is 11.3. The first-order valence-electron chi connectivity index (χ1n) is 4.60. The molecule has 1 heterocycles. The van der Waals surface area contributed by atoms with Gasteiger partial charge < -0.3 is 15.6 Å². The van der Waals surface area contributed by atoms with Crippen LogP contribution in [0, 0.1) is 0 Å². The van der Waals surface area contributed by atoms with Gasteiger partial charge in [-0.05, 0) is 13.0 Å². The molecule has 1 rings (SSSR count). The van der Waals surface area contributed by atoms with Crippen molar-refractivity contribution in [3.8, 4) is 0 Å². The van der Waals surface area contributed by atoms with Crippen LogP contribution >= 0.6 is 0 Å². The van der Waals surface area contributed by atoms with Crippen LogP contribution in [0.4, 0.5) is 0 Å². The second kappa shape index (κ2) is 4.90. The predicted octanol–water partition coefficient (Wildman–Crippen LogP) is -0.411. The summed E-state index contributed by atoms with van der Waals surface area (Å²) in [6.07, 6.45) is 1.19. The van der Waals surface area contributed by atoms with Crippen molar-refractivity contribution in [2.24, 2.45) is 12.8 Å². The molecule has 0 bridgehead atoms. The Morgan fingerprint density at radius 1 is 1.80 bits per heavy atom. The zero-order valence-corrected chi connectivity index (χ0v) is 8.80. The number of aliphatic hydroxyl groups excluding tert-OH is 1. The fraction of sp³-hybridized carbons (Fsp3) is 0.556. The van der Waals surface area contributed by atoms with Crippen molar-refractivity contribution in [1.29, 1.82) is 0 Å². The maximum absolute atomic E-state index is 11.3. The van der Waals surface area contributed by atoms with E-state index >= 15 is 0 Å². The minimum absolute atomic E-state index is 0.140. The lowest BCUT2D eigenvalue weighted by molar-refractivity contribution is 0.0585. The van der Waals surface area contributed by atoms with Gasteiger partial charge in [-0.2, -0.15) is 5.10 Å². The third kappa shape index (κ3) is 2.54. The number of hydrogen-bond acceptors (Lipinski definition) is 5. The van der Waals surface area contributed by atoms with Gasteiger partial charge in [-0.15, -0.1) is 0 Å². The van der Waals surface area contributed by atoms with E-state index in [1.54, 1.807) is 13.2 Å². The van der Waals surface area contributed by atoms with Crippen molar-refractivity contribution in [2.45, 2.75) is 12.5 Å². The maximum Gasteiger partial charge on any atom is 0.358 e. The van der Waals surface area contributed by atoms with E-state index in [1.807, 2.05) is 0 Å². The largest absolute Gasteiger partial charge is 0.464 e. The molecule has 0 aromatic carbocycles. The zero-order chi connectivity index (χ0) is 11.4. The quantitative estimate of drug-likeness (QED) is 0.663. The Kier molecular flexibility index (Phi) is 3.81. The van der Waals surface area contributed by atoms with Crippen molar-refractivity contribution >= 4 is 5.97 Å². The number of carbonyl (C=O) groups excluding carboxylic acids is 1. The molecule has 6 heteroatoms. The number of carbonyl (C=O) groups is 1. The first kappa shape index (κ1) is 11.7. The standard InChI is InChI=1S/C9H15N3O3/c1-12-5-6(7(13)3-4-10)8(11-12)9(14)15-2/h5,7,13H,3-4,10H2,1-2H3/t7-/m1/s1. The van der Waals surface area contributed by atoms with Crippen molar-refractivity contribution in [2.75, 3.05) is 13.7 Å². The summed E-state index contributed by atoms with van der Waals surface area (Å²) in [4.78, 5) is 11.3. The van der Waals surface area contributed by atoms with E-state index in [0.717, 1.165) is 0 Å². The van der Waals surface area contributed by atoms with E-state index < -0.39 is 12.1 Å². The van der Waals surface area contributed by atoms with E-state index in [9.17, 15) is 9.90 Å². The highest BCUT2D eigenvalue weighted by molar-refractivity contribution is 5.88. The molecular formula is C9H15N3O3. The average Bonchev–Trinajstić information content (AvgIpc) is 2.59. The van der Waals surface area contributed by atoms with Gasteiger partial charge in [0.2, 0.25) is 0 Å².